The van der Waals surface area contributed by atoms with Gasteiger partial charge in [0.15, 0.2) is 0 Å². The highest BCUT2D eigenvalue weighted by Crippen LogP contribution is 2.59. The average molecular weight is 266 g/mol. The van der Waals surface area contributed by atoms with Gasteiger partial charge in [-0.15, -0.1) is 0 Å². The molecule has 0 bridgehead atoms. The third-order valence-corrected chi connectivity index (χ3v) is 3.75. The van der Waals surface area contributed by atoms with Crippen LogP contribution in [0.1, 0.15) is 34.1 Å². The fourth-order valence-electron chi connectivity index (χ4n) is 2.67. The molecular formula is C14H22N2O3. The zero-order valence-electron chi connectivity index (χ0n) is 12.0. The number of nitriles is 1. The quantitative estimate of drug-likeness (QED) is 0.794. The number of hydrogen-bond acceptors (Lipinski definition) is 3. The van der Waals surface area contributed by atoms with Crippen LogP contribution in [0.2, 0.25) is 0 Å². The Balaban J connectivity index is 2.78. The van der Waals surface area contributed by atoms with Crippen molar-refractivity contribution in [2.45, 2.75) is 34.1 Å². The van der Waals surface area contributed by atoms with Crippen LogP contribution < -0.4 is 0 Å². The standard InChI is InChI=1S/C14H22N2O3/c1-9(2)8-16(7-5-6-15)12(17)10-11(13(18)19)14(10,3)4/h9-11H,5,7-8H2,1-4H3,(H,18,19). The highest BCUT2D eigenvalue weighted by molar-refractivity contribution is 5.91. The second kappa shape index (κ2) is 5.60. The summed E-state index contributed by atoms with van der Waals surface area (Å²) in [5.74, 6) is -1.79. The highest BCUT2D eigenvalue weighted by atomic mass is 16.4. The van der Waals surface area contributed by atoms with Gasteiger partial charge < -0.3 is 10.0 Å². The summed E-state index contributed by atoms with van der Waals surface area (Å²) in [5.41, 5.74) is -0.481. The van der Waals surface area contributed by atoms with Crippen molar-refractivity contribution in [3.63, 3.8) is 0 Å². The molecule has 0 heterocycles. The first kappa shape index (κ1) is 15.5. The first-order valence-corrected chi connectivity index (χ1v) is 6.62. The predicted molar refractivity (Wildman–Crippen MR) is 70.0 cm³/mol. The Labute approximate surface area is 114 Å². The molecule has 1 saturated carbocycles. The first-order valence-electron chi connectivity index (χ1n) is 6.62. The minimum Gasteiger partial charge on any atom is -0.481 e. The van der Waals surface area contributed by atoms with E-state index < -0.39 is 23.2 Å². The molecule has 0 aliphatic heterocycles. The van der Waals surface area contributed by atoms with Crippen LogP contribution in [0.3, 0.4) is 0 Å². The van der Waals surface area contributed by atoms with E-state index in [1.165, 1.54) is 0 Å². The van der Waals surface area contributed by atoms with Gasteiger partial charge in [-0.3, -0.25) is 9.59 Å². The number of carbonyl (C=O) groups is 2. The lowest BCUT2D eigenvalue weighted by molar-refractivity contribution is -0.142. The maximum absolute atomic E-state index is 12.4. The monoisotopic (exact) mass is 266 g/mol. The van der Waals surface area contributed by atoms with E-state index in [0.717, 1.165) is 0 Å². The van der Waals surface area contributed by atoms with Crippen molar-refractivity contribution < 1.29 is 14.7 Å². The maximum Gasteiger partial charge on any atom is 0.307 e. The van der Waals surface area contributed by atoms with Crippen LogP contribution in [0.5, 0.6) is 0 Å². The Morgan fingerprint density at radius 3 is 2.32 bits per heavy atom. The summed E-state index contributed by atoms with van der Waals surface area (Å²) >= 11 is 0. The first-order chi connectivity index (χ1) is 8.73. The van der Waals surface area contributed by atoms with Crippen molar-refractivity contribution in [3.05, 3.63) is 0 Å². The molecule has 0 aromatic heterocycles. The third-order valence-electron chi connectivity index (χ3n) is 3.75. The summed E-state index contributed by atoms with van der Waals surface area (Å²) in [6.07, 6.45) is 0.281. The topological polar surface area (TPSA) is 81.4 Å². The number of aliphatic carboxylic acids is 1. The molecule has 5 heteroatoms. The van der Waals surface area contributed by atoms with Gasteiger partial charge in [0.1, 0.15) is 0 Å². The Morgan fingerprint density at radius 1 is 1.37 bits per heavy atom. The largest absolute Gasteiger partial charge is 0.481 e. The predicted octanol–water partition coefficient (Wildman–Crippen LogP) is 1.74. The fraction of sp³-hybridized carbons (Fsp3) is 0.786. The van der Waals surface area contributed by atoms with Gasteiger partial charge in [0.25, 0.3) is 0 Å². The smallest absolute Gasteiger partial charge is 0.307 e. The van der Waals surface area contributed by atoms with Crippen molar-refractivity contribution in [2.24, 2.45) is 23.2 Å². The number of carbonyl (C=O) groups excluding carboxylic acids is 1. The molecule has 1 aliphatic rings. The molecule has 0 saturated heterocycles. The number of carboxylic acid groups (broad SMARTS) is 1. The number of carboxylic acids is 1. The van der Waals surface area contributed by atoms with Crippen LogP contribution in [-0.2, 0) is 9.59 Å². The molecule has 1 rings (SSSR count). The van der Waals surface area contributed by atoms with Crippen LogP contribution in [0.15, 0.2) is 0 Å². The Kier molecular flexibility index (Phi) is 4.56. The van der Waals surface area contributed by atoms with Gasteiger partial charge in [0.05, 0.1) is 24.3 Å². The van der Waals surface area contributed by atoms with Crippen molar-refractivity contribution >= 4 is 11.9 Å². The molecular weight excluding hydrogens is 244 g/mol. The Bertz CT molecular complexity index is 409. The molecule has 0 aromatic rings. The van der Waals surface area contributed by atoms with Gasteiger partial charge >= 0.3 is 5.97 Å². The lowest BCUT2D eigenvalue weighted by atomic mass is 10.1. The second-order valence-electron chi connectivity index (χ2n) is 6.20. The van der Waals surface area contributed by atoms with E-state index in [9.17, 15) is 9.59 Å². The van der Waals surface area contributed by atoms with E-state index in [4.69, 9.17) is 10.4 Å². The van der Waals surface area contributed by atoms with Crippen molar-refractivity contribution in [3.8, 4) is 6.07 Å². The van der Waals surface area contributed by atoms with Crippen LogP contribution in [0, 0.1) is 34.5 Å². The summed E-state index contributed by atoms with van der Waals surface area (Å²) in [7, 11) is 0. The van der Waals surface area contributed by atoms with Gasteiger partial charge in [0, 0.05) is 13.1 Å². The van der Waals surface area contributed by atoms with Crippen molar-refractivity contribution in [1.82, 2.24) is 4.90 Å². The van der Waals surface area contributed by atoms with E-state index in [1.807, 2.05) is 33.8 Å². The molecule has 2 atom stereocenters. The molecule has 19 heavy (non-hydrogen) atoms. The number of hydrogen-bond donors (Lipinski definition) is 1. The second-order valence-corrected chi connectivity index (χ2v) is 6.20. The molecule has 2 unspecified atom stereocenters. The molecule has 106 valence electrons. The molecule has 0 spiro atoms. The van der Waals surface area contributed by atoms with Crippen LogP contribution >= 0.6 is 0 Å². The average Bonchev–Trinajstić information content (AvgIpc) is 2.86. The minimum absolute atomic E-state index is 0.124. The van der Waals surface area contributed by atoms with Gasteiger partial charge in [-0.2, -0.15) is 5.26 Å². The van der Waals surface area contributed by atoms with E-state index >= 15 is 0 Å². The lowest BCUT2D eigenvalue weighted by Crippen LogP contribution is -2.37. The molecule has 0 radical (unpaired) electrons. The molecule has 1 aliphatic carbocycles. The van der Waals surface area contributed by atoms with Crippen LogP contribution in [0.4, 0.5) is 0 Å². The van der Waals surface area contributed by atoms with Crippen molar-refractivity contribution in [2.75, 3.05) is 13.1 Å². The number of rotatable bonds is 6. The summed E-state index contributed by atoms with van der Waals surface area (Å²) in [6.45, 7) is 8.57. The molecule has 1 N–H and O–H groups in total. The van der Waals surface area contributed by atoms with Crippen molar-refractivity contribution in [1.29, 1.82) is 5.26 Å². The van der Waals surface area contributed by atoms with Crippen LogP contribution in [-0.4, -0.2) is 35.0 Å². The molecule has 1 amide bonds. The molecule has 5 nitrogen and oxygen atoms in total. The minimum atomic E-state index is -0.909. The van der Waals surface area contributed by atoms with Gasteiger partial charge in [-0.25, -0.2) is 0 Å². The SMILES string of the molecule is CC(C)CN(CCC#N)C(=O)C1C(C(=O)O)C1(C)C. The summed E-state index contributed by atoms with van der Waals surface area (Å²) in [5, 5.41) is 17.8. The van der Waals surface area contributed by atoms with E-state index in [-0.39, 0.29) is 12.3 Å². The summed E-state index contributed by atoms with van der Waals surface area (Å²) in [4.78, 5) is 25.2. The summed E-state index contributed by atoms with van der Waals surface area (Å²) in [6, 6.07) is 2.03. The number of amides is 1. The van der Waals surface area contributed by atoms with E-state index in [2.05, 4.69) is 0 Å². The summed E-state index contributed by atoms with van der Waals surface area (Å²) < 4.78 is 0. The zero-order chi connectivity index (χ0) is 14.8. The highest BCUT2D eigenvalue weighted by Gasteiger charge is 2.66. The van der Waals surface area contributed by atoms with E-state index in [1.54, 1.807) is 4.90 Å². The maximum atomic E-state index is 12.4. The normalized spacial score (nSPS) is 23.8. The van der Waals surface area contributed by atoms with Gasteiger partial charge in [0.2, 0.25) is 5.91 Å². The van der Waals surface area contributed by atoms with Crippen LogP contribution in [0.25, 0.3) is 0 Å². The van der Waals surface area contributed by atoms with E-state index in [0.29, 0.717) is 19.0 Å². The molecule has 0 aromatic carbocycles. The Hall–Kier alpha value is -1.57. The third kappa shape index (κ3) is 3.25. The Morgan fingerprint density at radius 2 is 1.95 bits per heavy atom. The lowest BCUT2D eigenvalue weighted by Gasteiger charge is -2.24. The fourth-order valence-corrected chi connectivity index (χ4v) is 2.67. The zero-order valence-corrected chi connectivity index (χ0v) is 12.0. The number of nitrogens with zero attached hydrogens (tertiary/aromatic N) is 2. The molecule has 1 fully saturated rings. The van der Waals surface area contributed by atoms with Gasteiger partial charge in [-0.05, 0) is 11.3 Å². The van der Waals surface area contributed by atoms with Gasteiger partial charge in [-0.1, -0.05) is 27.7 Å².